The van der Waals surface area contributed by atoms with Crippen molar-refractivity contribution in [3.8, 4) is 5.75 Å². The average Bonchev–Trinajstić information content (AvgIpc) is 2.49. The van der Waals surface area contributed by atoms with E-state index in [9.17, 15) is 0 Å². The highest BCUT2D eigenvalue weighted by Gasteiger charge is 2.21. The van der Waals surface area contributed by atoms with Gasteiger partial charge in [0.15, 0.2) is 0 Å². The molecule has 112 valence electrons. The first-order valence-electron chi connectivity index (χ1n) is 7.83. The minimum atomic E-state index is 0.462. The summed E-state index contributed by atoms with van der Waals surface area (Å²) in [7, 11) is 0. The third kappa shape index (κ3) is 4.80. The van der Waals surface area contributed by atoms with Crippen LogP contribution in [0.1, 0.15) is 44.6 Å². The molecular weight excluding hydrogens is 250 g/mol. The molecule has 2 rings (SSSR count). The predicted molar refractivity (Wildman–Crippen MR) is 81.8 cm³/mol. The molecule has 20 heavy (non-hydrogen) atoms. The molecule has 1 aromatic rings. The van der Waals surface area contributed by atoms with Gasteiger partial charge in [-0.1, -0.05) is 31.9 Å². The van der Waals surface area contributed by atoms with Gasteiger partial charge >= 0.3 is 0 Å². The van der Waals surface area contributed by atoms with Crippen LogP contribution in [0.4, 0.5) is 0 Å². The summed E-state index contributed by atoms with van der Waals surface area (Å²) in [6.07, 6.45) is 6.62. The fourth-order valence-electron chi connectivity index (χ4n) is 2.78. The maximum Gasteiger partial charge on any atom is 0.119 e. The summed E-state index contributed by atoms with van der Waals surface area (Å²) in [6.45, 7) is 4.36. The lowest BCUT2D eigenvalue weighted by molar-refractivity contribution is -0.00913. The Morgan fingerprint density at radius 1 is 1.20 bits per heavy atom. The van der Waals surface area contributed by atoms with Crippen molar-refractivity contribution in [3.63, 3.8) is 0 Å². The van der Waals surface area contributed by atoms with Gasteiger partial charge in [0.25, 0.3) is 0 Å². The Morgan fingerprint density at radius 3 is 2.85 bits per heavy atom. The van der Waals surface area contributed by atoms with Crippen molar-refractivity contribution in [1.82, 2.24) is 0 Å². The van der Waals surface area contributed by atoms with Crippen LogP contribution in [0.15, 0.2) is 24.3 Å². The first-order valence-corrected chi connectivity index (χ1v) is 7.83. The van der Waals surface area contributed by atoms with Crippen LogP contribution in [0.2, 0.25) is 0 Å². The molecule has 3 heteroatoms. The van der Waals surface area contributed by atoms with Crippen LogP contribution in [0.25, 0.3) is 0 Å². The number of ether oxygens (including phenoxy) is 2. The zero-order valence-electron chi connectivity index (χ0n) is 12.5. The molecule has 1 aliphatic carbocycles. The molecule has 1 saturated carbocycles. The van der Waals surface area contributed by atoms with E-state index in [0.29, 0.717) is 25.2 Å². The quantitative estimate of drug-likeness (QED) is 0.776. The molecule has 0 heterocycles. The normalized spacial score (nSPS) is 22.7. The fourth-order valence-corrected chi connectivity index (χ4v) is 2.78. The van der Waals surface area contributed by atoms with Crippen molar-refractivity contribution in [2.75, 3.05) is 13.2 Å². The Kier molecular flexibility index (Phi) is 6.34. The van der Waals surface area contributed by atoms with Gasteiger partial charge in [-0.2, -0.15) is 0 Å². The van der Waals surface area contributed by atoms with Gasteiger partial charge in [-0.25, -0.2) is 0 Å². The summed E-state index contributed by atoms with van der Waals surface area (Å²) >= 11 is 0. The molecule has 0 radical (unpaired) electrons. The molecule has 3 nitrogen and oxygen atoms in total. The topological polar surface area (TPSA) is 44.5 Å². The predicted octanol–water partition coefficient (Wildman–Crippen LogP) is 3.51. The van der Waals surface area contributed by atoms with Crippen molar-refractivity contribution in [3.05, 3.63) is 29.8 Å². The SMILES string of the molecule is CC1CCCCC1OCCCOc1cccc(CN)c1. The highest BCUT2D eigenvalue weighted by Crippen LogP contribution is 2.26. The zero-order valence-corrected chi connectivity index (χ0v) is 12.5. The van der Waals surface area contributed by atoms with Gasteiger partial charge in [0, 0.05) is 13.0 Å². The smallest absolute Gasteiger partial charge is 0.119 e. The zero-order chi connectivity index (χ0) is 14.2. The van der Waals surface area contributed by atoms with Gasteiger partial charge < -0.3 is 15.2 Å². The molecule has 2 unspecified atom stereocenters. The number of benzene rings is 1. The van der Waals surface area contributed by atoms with E-state index < -0.39 is 0 Å². The minimum Gasteiger partial charge on any atom is -0.493 e. The van der Waals surface area contributed by atoms with Crippen molar-refractivity contribution < 1.29 is 9.47 Å². The number of nitrogens with two attached hydrogens (primary N) is 1. The van der Waals surface area contributed by atoms with E-state index in [4.69, 9.17) is 15.2 Å². The highest BCUT2D eigenvalue weighted by atomic mass is 16.5. The molecule has 1 aliphatic rings. The third-order valence-electron chi connectivity index (χ3n) is 4.06. The Labute approximate surface area is 122 Å². The van der Waals surface area contributed by atoms with Crippen molar-refractivity contribution >= 4 is 0 Å². The second-order valence-corrected chi connectivity index (χ2v) is 5.72. The second kappa shape index (κ2) is 8.28. The molecular formula is C17H27NO2. The van der Waals surface area contributed by atoms with Crippen molar-refractivity contribution in [2.45, 2.75) is 51.7 Å². The van der Waals surface area contributed by atoms with Crippen LogP contribution in [-0.2, 0) is 11.3 Å². The first kappa shape index (κ1) is 15.3. The Balaban J connectivity index is 1.61. The van der Waals surface area contributed by atoms with Crippen LogP contribution < -0.4 is 10.5 Å². The molecule has 2 atom stereocenters. The van der Waals surface area contributed by atoms with Crippen LogP contribution in [0.3, 0.4) is 0 Å². The third-order valence-corrected chi connectivity index (χ3v) is 4.06. The maximum atomic E-state index is 5.98. The lowest BCUT2D eigenvalue weighted by Gasteiger charge is -2.28. The molecule has 0 saturated heterocycles. The van der Waals surface area contributed by atoms with E-state index in [1.165, 1.54) is 25.7 Å². The van der Waals surface area contributed by atoms with Gasteiger partial charge in [0.1, 0.15) is 5.75 Å². The summed E-state index contributed by atoms with van der Waals surface area (Å²) in [5, 5.41) is 0. The maximum absolute atomic E-state index is 5.98. The van der Waals surface area contributed by atoms with E-state index in [-0.39, 0.29) is 0 Å². The van der Waals surface area contributed by atoms with E-state index in [2.05, 4.69) is 6.92 Å². The number of hydrogen-bond acceptors (Lipinski definition) is 3. The monoisotopic (exact) mass is 277 g/mol. The van der Waals surface area contributed by atoms with E-state index in [1.807, 2.05) is 24.3 Å². The Morgan fingerprint density at radius 2 is 2.05 bits per heavy atom. The van der Waals surface area contributed by atoms with E-state index in [0.717, 1.165) is 24.3 Å². The Hall–Kier alpha value is -1.06. The van der Waals surface area contributed by atoms with Crippen LogP contribution >= 0.6 is 0 Å². The van der Waals surface area contributed by atoms with Gasteiger partial charge in [-0.15, -0.1) is 0 Å². The second-order valence-electron chi connectivity index (χ2n) is 5.72. The largest absolute Gasteiger partial charge is 0.493 e. The van der Waals surface area contributed by atoms with Gasteiger partial charge in [0.2, 0.25) is 0 Å². The summed E-state index contributed by atoms with van der Waals surface area (Å²) in [4.78, 5) is 0. The van der Waals surface area contributed by atoms with Crippen LogP contribution in [0.5, 0.6) is 5.75 Å². The molecule has 0 aromatic heterocycles. The lowest BCUT2D eigenvalue weighted by atomic mass is 9.88. The minimum absolute atomic E-state index is 0.462. The van der Waals surface area contributed by atoms with Gasteiger partial charge in [-0.05, 0) is 36.5 Å². The fraction of sp³-hybridized carbons (Fsp3) is 0.647. The van der Waals surface area contributed by atoms with Crippen LogP contribution in [-0.4, -0.2) is 19.3 Å². The number of rotatable bonds is 7. The number of hydrogen-bond donors (Lipinski definition) is 1. The molecule has 2 N–H and O–H groups in total. The average molecular weight is 277 g/mol. The molecule has 1 fully saturated rings. The van der Waals surface area contributed by atoms with Crippen molar-refractivity contribution in [1.29, 1.82) is 0 Å². The standard InChI is InChI=1S/C17H27NO2/c1-14-6-2-3-9-17(14)20-11-5-10-19-16-8-4-7-15(12-16)13-18/h4,7-8,12,14,17H,2-3,5-6,9-11,13,18H2,1H3. The van der Waals surface area contributed by atoms with Crippen molar-refractivity contribution in [2.24, 2.45) is 11.7 Å². The molecule has 0 aliphatic heterocycles. The molecule has 0 bridgehead atoms. The Bertz CT molecular complexity index is 394. The summed E-state index contributed by atoms with van der Waals surface area (Å²) in [5.41, 5.74) is 6.72. The highest BCUT2D eigenvalue weighted by molar-refractivity contribution is 5.28. The summed E-state index contributed by atoms with van der Waals surface area (Å²) in [5.74, 6) is 1.62. The van der Waals surface area contributed by atoms with Gasteiger partial charge in [0.05, 0.1) is 19.3 Å². The van der Waals surface area contributed by atoms with E-state index >= 15 is 0 Å². The first-order chi connectivity index (χ1) is 9.79. The lowest BCUT2D eigenvalue weighted by Crippen LogP contribution is -2.26. The van der Waals surface area contributed by atoms with Crippen LogP contribution in [0, 0.1) is 5.92 Å². The summed E-state index contributed by atoms with van der Waals surface area (Å²) < 4.78 is 11.7. The molecule has 1 aromatic carbocycles. The molecule has 0 amide bonds. The summed E-state index contributed by atoms with van der Waals surface area (Å²) in [6, 6.07) is 7.98. The molecule has 0 spiro atoms. The van der Waals surface area contributed by atoms with Gasteiger partial charge in [-0.3, -0.25) is 0 Å². The van der Waals surface area contributed by atoms with E-state index in [1.54, 1.807) is 0 Å².